The van der Waals surface area contributed by atoms with Crippen molar-refractivity contribution in [1.82, 2.24) is 5.32 Å². The Bertz CT molecular complexity index is 1020. The summed E-state index contributed by atoms with van der Waals surface area (Å²) in [5.41, 5.74) is 0.643. The Morgan fingerprint density at radius 3 is 2.45 bits per heavy atom. The van der Waals surface area contributed by atoms with Crippen LogP contribution in [0.3, 0.4) is 0 Å². The lowest BCUT2D eigenvalue weighted by Gasteiger charge is -2.23. The van der Waals surface area contributed by atoms with Crippen LogP contribution in [0.1, 0.15) is 36.0 Å². The highest BCUT2D eigenvalue weighted by atomic mass is 35.5. The second-order valence-corrected chi connectivity index (χ2v) is 9.82. The highest BCUT2D eigenvalue weighted by molar-refractivity contribution is 7.92. The van der Waals surface area contributed by atoms with Gasteiger partial charge in [-0.05, 0) is 73.6 Å². The number of amides is 1. The van der Waals surface area contributed by atoms with Gasteiger partial charge in [0, 0.05) is 6.04 Å². The Morgan fingerprint density at radius 2 is 1.86 bits per heavy atom. The van der Waals surface area contributed by atoms with Crippen molar-refractivity contribution in [1.29, 1.82) is 0 Å². The third-order valence-electron chi connectivity index (χ3n) is 5.89. The van der Waals surface area contributed by atoms with E-state index in [0.29, 0.717) is 22.9 Å². The Labute approximate surface area is 175 Å². The number of nitrogens with one attached hydrogen (secondary N) is 2. The largest absolute Gasteiger partial charge is 0.497 e. The van der Waals surface area contributed by atoms with Crippen molar-refractivity contribution in [3.8, 4) is 5.75 Å². The SMILES string of the molecule is COc1ccc(S(=O)(=O)Nc2ccc(C(=O)N[C@@H]3CC4CCC3C4)c(Cl)c2)cc1. The number of anilines is 1. The molecule has 1 amide bonds. The summed E-state index contributed by atoms with van der Waals surface area (Å²) >= 11 is 6.29. The van der Waals surface area contributed by atoms with E-state index < -0.39 is 10.0 Å². The van der Waals surface area contributed by atoms with Crippen LogP contribution in [0.15, 0.2) is 47.4 Å². The van der Waals surface area contributed by atoms with Crippen molar-refractivity contribution >= 4 is 33.2 Å². The number of hydrogen-bond donors (Lipinski definition) is 2. The summed E-state index contributed by atoms with van der Waals surface area (Å²) in [5, 5.41) is 3.31. The Morgan fingerprint density at radius 1 is 1.10 bits per heavy atom. The molecule has 0 radical (unpaired) electrons. The van der Waals surface area contributed by atoms with Crippen LogP contribution in [0, 0.1) is 11.8 Å². The van der Waals surface area contributed by atoms with Crippen LogP contribution < -0.4 is 14.8 Å². The van der Waals surface area contributed by atoms with Crippen LogP contribution in [0.25, 0.3) is 0 Å². The van der Waals surface area contributed by atoms with E-state index in [-0.39, 0.29) is 21.9 Å². The lowest BCUT2D eigenvalue weighted by Crippen LogP contribution is -2.38. The number of methoxy groups -OCH3 is 1. The normalized spacial score (nSPS) is 23.0. The summed E-state index contributed by atoms with van der Waals surface area (Å²) in [5.74, 6) is 1.66. The molecular weight excluding hydrogens is 412 g/mol. The monoisotopic (exact) mass is 434 g/mol. The number of ether oxygens (including phenoxy) is 1. The lowest BCUT2D eigenvalue weighted by molar-refractivity contribution is 0.0923. The first-order chi connectivity index (χ1) is 13.9. The summed E-state index contributed by atoms with van der Waals surface area (Å²) < 4.78 is 32.7. The summed E-state index contributed by atoms with van der Waals surface area (Å²) in [6.45, 7) is 0. The highest BCUT2D eigenvalue weighted by Crippen LogP contribution is 2.44. The van der Waals surface area contributed by atoms with Crippen LogP contribution in [0.4, 0.5) is 5.69 Å². The fraction of sp³-hybridized carbons (Fsp3) is 0.381. The molecule has 2 bridgehead atoms. The fourth-order valence-corrected chi connectivity index (χ4v) is 5.72. The van der Waals surface area contributed by atoms with E-state index in [4.69, 9.17) is 16.3 Å². The molecule has 154 valence electrons. The molecule has 2 aliphatic carbocycles. The van der Waals surface area contributed by atoms with Gasteiger partial charge in [-0.1, -0.05) is 18.0 Å². The Hall–Kier alpha value is -2.25. The van der Waals surface area contributed by atoms with Crippen molar-refractivity contribution < 1.29 is 17.9 Å². The van der Waals surface area contributed by atoms with Crippen molar-refractivity contribution in [2.75, 3.05) is 11.8 Å². The molecule has 4 rings (SSSR count). The van der Waals surface area contributed by atoms with Crippen molar-refractivity contribution in [3.63, 3.8) is 0 Å². The van der Waals surface area contributed by atoms with Gasteiger partial charge in [-0.25, -0.2) is 8.42 Å². The smallest absolute Gasteiger partial charge is 0.261 e. The van der Waals surface area contributed by atoms with Gasteiger partial charge >= 0.3 is 0 Å². The first kappa shape index (κ1) is 20.0. The minimum absolute atomic E-state index is 0.104. The standard InChI is InChI=1S/C21H23ClN2O4S/c1-28-16-5-7-17(8-6-16)29(26,27)24-15-4-9-18(19(22)12-15)21(25)23-20-11-13-2-3-14(20)10-13/h4-9,12-14,20,24H,2-3,10-11H2,1H3,(H,23,25)/t13?,14?,20-/m1/s1. The second kappa shape index (κ2) is 7.88. The van der Waals surface area contributed by atoms with Gasteiger partial charge in [-0.2, -0.15) is 0 Å². The van der Waals surface area contributed by atoms with Crippen molar-refractivity contribution in [2.45, 2.75) is 36.6 Å². The van der Waals surface area contributed by atoms with E-state index in [9.17, 15) is 13.2 Å². The van der Waals surface area contributed by atoms with Crippen LogP contribution in [-0.4, -0.2) is 27.5 Å². The molecule has 2 aromatic carbocycles. The van der Waals surface area contributed by atoms with Gasteiger partial charge in [0.1, 0.15) is 5.75 Å². The molecule has 0 saturated heterocycles. The minimum atomic E-state index is -3.78. The number of hydrogen-bond acceptors (Lipinski definition) is 4. The fourth-order valence-electron chi connectivity index (χ4n) is 4.40. The van der Waals surface area contributed by atoms with Crippen LogP contribution >= 0.6 is 11.6 Å². The molecule has 0 spiro atoms. The zero-order chi connectivity index (χ0) is 20.6. The zero-order valence-electron chi connectivity index (χ0n) is 16.0. The van der Waals surface area contributed by atoms with Crippen LogP contribution in [0.5, 0.6) is 5.75 Å². The molecule has 2 N–H and O–H groups in total. The molecule has 2 fully saturated rings. The maximum absolute atomic E-state index is 12.6. The number of rotatable bonds is 6. The molecule has 2 aliphatic rings. The van der Waals surface area contributed by atoms with Crippen LogP contribution in [0.2, 0.25) is 5.02 Å². The van der Waals surface area contributed by atoms with E-state index in [1.54, 1.807) is 24.3 Å². The van der Waals surface area contributed by atoms with Gasteiger partial charge in [-0.3, -0.25) is 9.52 Å². The molecule has 29 heavy (non-hydrogen) atoms. The van der Waals surface area contributed by atoms with Crippen molar-refractivity contribution in [3.05, 3.63) is 53.1 Å². The van der Waals surface area contributed by atoms with Crippen LogP contribution in [-0.2, 0) is 10.0 Å². The molecular formula is C21H23ClN2O4S. The topological polar surface area (TPSA) is 84.5 Å². The molecule has 0 aliphatic heterocycles. The predicted molar refractivity (Wildman–Crippen MR) is 112 cm³/mol. The average molecular weight is 435 g/mol. The number of carbonyl (C=O) groups is 1. The Balaban J connectivity index is 1.45. The summed E-state index contributed by atoms with van der Waals surface area (Å²) in [4.78, 5) is 12.7. The number of fused-ring (bicyclic) bond motifs is 2. The number of halogens is 1. The van der Waals surface area contributed by atoms with E-state index in [2.05, 4.69) is 10.0 Å². The lowest BCUT2D eigenvalue weighted by atomic mass is 9.95. The maximum Gasteiger partial charge on any atom is 0.261 e. The van der Waals surface area contributed by atoms with E-state index >= 15 is 0 Å². The highest BCUT2D eigenvalue weighted by Gasteiger charge is 2.40. The summed E-state index contributed by atoms with van der Waals surface area (Å²) in [6.07, 6.45) is 4.68. The third kappa shape index (κ3) is 4.21. The molecule has 2 saturated carbocycles. The molecule has 8 heteroatoms. The first-order valence-electron chi connectivity index (χ1n) is 9.63. The maximum atomic E-state index is 12.6. The third-order valence-corrected chi connectivity index (χ3v) is 7.60. The molecule has 2 aromatic rings. The summed E-state index contributed by atoms with van der Waals surface area (Å²) in [6, 6.07) is 10.8. The van der Waals surface area contributed by atoms with Gasteiger partial charge < -0.3 is 10.1 Å². The van der Waals surface area contributed by atoms with Gasteiger partial charge in [0.25, 0.3) is 15.9 Å². The molecule has 3 atom stereocenters. The second-order valence-electron chi connectivity index (χ2n) is 7.73. The quantitative estimate of drug-likeness (QED) is 0.717. The predicted octanol–water partition coefficient (Wildman–Crippen LogP) is 4.07. The van der Waals surface area contributed by atoms with E-state index in [1.165, 1.54) is 44.6 Å². The summed E-state index contributed by atoms with van der Waals surface area (Å²) in [7, 11) is -2.26. The molecule has 2 unspecified atom stereocenters. The Kier molecular flexibility index (Phi) is 5.44. The zero-order valence-corrected chi connectivity index (χ0v) is 17.6. The van der Waals surface area contributed by atoms with Gasteiger partial charge in [0.15, 0.2) is 0 Å². The molecule has 0 heterocycles. The van der Waals surface area contributed by atoms with E-state index in [0.717, 1.165) is 12.3 Å². The van der Waals surface area contributed by atoms with E-state index in [1.807, 2.05) is 0 Å². The first-order valence-corrected chi connectivity index (χ1v) is 11.5. The molecule has 6 nitrogen and oxygen atoms in total. The number of carbonyl (C=O) groups excluding carboxylic acids is 1. The number of benzene rings is 2. The van der Waals surface area contributed by atoms with Gasteiger partial charge in [0.2, 0.25) is 0 Å². The van der Waals surface area contributed by atoms with Crippen molar-refractivity contribution in [2.24, 2.45) is 11.8 Å². The van der Waals surface area contributed by atoms with Gasteiger partial charge in [0.05, 0.1) is 28.3 Å². The van der Waals surface area contributed by atoms with Gasteiger partial charge in [-0.15, -0.1) is 0 Å². The average Bonchev–Trinajstić information content (AvgIpc) is 3.31. The minimum Gasteiger partial charge on any atom is -0.497 e. The number of sulfonamides is 1. The molecule has 0 aromatic heterocycles.